The largest absolute Gasteiger partial charge is 0.378 e. The summed E-state index contributed by atoms with van der Waals surface area (Å²) in [6.45, 7) is 9.10. The molecule has 1 aliphatic rings. The maximum Gasteiger partial charge on any atom is 0.0699 e. The highest BCUT2D eigenvalue weighted by atomic mass is 79.9. The Bertz CT molecular complexity index is 394. The van der Waals surface area contributed by atoms with Gasteiger partial charge in [-0.25, -0.2) is 0 Å². The number of nitrogens with one attached hydrogen (secondary N) is 1. The van der Waals surface area contributed by atoms with Crippen LogP contribution in [-0.4, -0.2) is 29.0 Å². The van der Waals surface area contributed by atoms with Crippen LogP contribution in [0.3, 0.4) is 0 Å². The van der Waals surface area contributed by atoms with Crippen molar-refractivity contribution in [2.45, 2.75) is 45.9 Å². The molecule has 3 unspecified atom stereocenters. The van der Waals surface area contributed by atoms with Crippen molar-refractivity contribution in [1.29, 1.82) is 0 Å². The standard InChI is InChI=1S/C13H22BrN3O/c1-4-15-12(10-6-9(3)18-8-10)13-11(14)7-16-17(13)5-2/h7,9-10,12,15H,4-6,8H2,1-3H3. The summed E-state index contributed by atoms with van der Waals surface area (Å²) in [7, 11) is 0. The number of rotatable bonds is 5. The lowest BCUT2D eigenvalue weighted by molar-refractivity contribution is 0.116. The fraction of sp³-hybridized carbons (Fsp3) is 0.769. The van der Waals surface area contributed by atoms with Crippen molar-refractivity contribution < 1.29 is 4.74 Å². The molecule has 0 aromatic carbocycles. The van der Waals surface area contributed by atoms with Gasteiger partial charge in [0, 0.05) is 12.5 Å². The van der Waals surface area contributed by atoms with Gasteiger partial charge < -0.3 is 10.1 Å². The van der Waals surface area contributed by atoms with Crippen molar-refractivity contribution in [2.24, 2.45) is 5.92 Å². The van der Waals surface area contributed by atoms with Gasteiger partial charge in [0.1, 0.15) is 0 Å². The van der Waals surface area contributed by atoms with Gasteiger partial charge in [-0.3, -0.25) is 4.68 Å². The number of nitrogens with zero attached hydrogens (tertiary/aromatic N) is 2. The van der Waals surface area contributed by atoms with E-state index in [1.807, 2.05) is 6.20 Å². The normalized spacial score (nSPS) is 25.6. The van der Waals surface area contributed by atoms with Gasteiger partial charge in [0.25, 0.3) is 0 Å². The average Bonchev–Trinajstić information content (AvgIpc) is 2.93. The molecule has 1 fully saturated rings. The zero-order valence-corrected chi connectivity index (χ0v) is 12.9. The first-order valence-electron chi connectivity index (χ1n) is 6.73. The SMILES string of the molecule is CCNC(c1c(Br)cnn1CC)C1COC(C)C1. The highest BCUT2D eigenvalue weighted by Crippen LogP contribution is 2.34. The molecule has 18 heavy (non-hydrogen) atoms. The van der Waals surface area contributed by atoms with Crippen LogP contribution in [0, 0.1) is 5.92 Å². The molecular weight excluding hydrogens is 294 g/mol. The fourth-order valence-electron chi connectivity index (χ4n) is 2.72. The smallest absolute Gasteiger partial charge is 0.0699 e. The van der Waals surface area contributed by atoms with E-state index in [4.69, 9.17) is 4.74 Å². The third-order valence-corrected chi connectivity index (χ3v) is 4.16. The summed E-state index contributed by atoms with van der Waals surface area (Å²) < 4.78 is 8.88. The number of aromatic nitrogens is 2. The maximum absolute atomic E-state index is 5.72. The van der Waals surface area contributed by atoms with Crippen LogP contribution in [0.1, 0.15) is 38.9 Å². The third kappa shape index (κ3) is 2.78. The zero-order chi connectivity index (χ0) is 13.1. The summed E-state index contributed by atoms with van der Waals surface area (Å²) in [5.41, 5.74) is 1.25. The first-order chi connectivity index (χ1) is 8.67. The monoisotopic (exact) mass is 315 g/mol. The lowest BCUT2D eigenvalue weighted by Crippen LogP contribution is -2.31. The molecule has 1 N–H and O–H groups in total. The Labute approximate surface area is 117 Å². The molecule has 2 rings (SSSR count). The lowest BCUT2D eigenvalue weighted by atomic mass is 9.94. The van der Waals surface area contributed by atoms with Crippen molar-refractivity contribution in [1.82, 2.24) is 15.1 Å². The van der Waals surface area contributed by atoms with Gasteiger partial charge >= 0.3 is 0 Å². The molecule has 1 aromatic rings. The molecule has 5 heteroatoms. The van der Waals surface area contributed by atoms with E-state index in [-0.39, 0.29) is 0 Å². The molecule has 0 amide bonds. The van der Waals surface area contributed by atoms with Crippen molar-refractivity contribution >= 4 is 15.9 Å². The molecule has 1 aliphatic heterocycles. The molecular formula is C13H22BrN3O. The summed E-state index contributed by atoms with van der Waals surface area (Å²) in [4.78, 5) is 0. The molecule has 0 bridgehead atoms. The molecule has 1 saturated heterocycles. The second kappa shape index (κ2) is 6.17. The first-order valence-corrected chi connectivity index (χ1v) is 7.52. The third-order valence-electron chi connectivity index (χ3n) is 3.55. The number of hydrogen-bond acceptors (Lipinski definition) is 3. The van der Waals surface area contributed by atoms with Gasteiger partial charge in [-0.15, -0.1) is 0 Å². The second-order valence-electron chi connectivity index (χ2n) is 4.87. The van der Waals surface area contributed by atoms with Gasteiger partial charge in [-0.2, -0.15) is 5.10 Å². The first kappa shape index (κ1) is 14.0. The molecule has 0 aliphatic carbocycles. The molecule has 102 valence electrons. The van der Waals surface area contributed by atoms with E-state index in [0.29, 0.717) is 18.1 Å². The van der Waals surface area contributed by atoms with Gasteiger partial charge in [0.15, 0.2) is 0 Å². The number of hydrogen-bond donors (Lipinski definition) is 1. The van der Waals surface area contributed by atoms with E-state index >= 15 is 0 Å². The molecule has 1 aromatic heterocycles. The van der Waals surface area contributed by atoms with E-state index in [1.165, 1.54) is 5.69 Å². The molecule has 0 radical (unpaired) electrons. The number of ether oxygens (including phenoxy) is 1. The summed E-state index contributed by atoms with van der Waals surface area (Å²) in [6, 6.07) is 0.316. The topological polar surface area (TPSA) is 39.1 Å². The van der Waals surface area contributed by atoms with E-state index in [0.717, 1.165) is 30.6 Å². The fourth-order valence-corrected chi connectivity index (χ4v) is 3.27. The summed E-state index contributed by atoms with van der Waals surface area (Å²) in [5, 5.41) is 8.01. The van der Waals surface area contributed by atoms with Crippen molar-refractivity contribution in [3.63, 3.8) is 0 Å². The quantitative estimate of drug-likeness (QED) is 0.908. The van der Waals surface area contributed by atoms with Crippen molar-refractivity contribution in [3.8, 4) is 0 Å². The second-order valence-corrected chi connectivity index (χ2v) is 5.72. The maximum atomic E-state index is 5.72. The van der Waals surface area contributed by atoms with Gasteiger partial charge in [0.2, 0.25) is 0 Å². The van der Waals surface area contributed by atoms with Crippen molar-refractivity contribution in [3.05, 3.63) is 16.4 Å². The van der Waals surface area contributed by atoms with Crippen LogP contribution in [0.25, 0.3) is 0 Å². The van der Waals surface area contributed by atoms with Crippen LogP contribution in [0.4, 0.5) is 0 Å². The van der Waals surface area contributed by atoms with Gasteiger partial charge in [-0.1, -0.05) is 6.92 Å². The molecule has 2 heterocycles. The Hall–Kier alpha value is -0.390. The van der Waals surface area contributed by atoms with Crippen LogP contribution in [0.5, 0.6) is 0 Å². The van der Waals surface area contributed by atoms with Crippen LogP contribution in [-0.2, 0) is 11.3 Å². The molecule has 0 saturated carbocycles. The summed E-state index contributed by atoms with van der Waals surface area (Å²) in [6.07, 6.45) is 3.37. The minimum Gasteiger partial charge on any atom is -0.378 e. The Balaban J connectivity index is 2.26. The minimum absolute atomic E-state index is 0.316. The summed E-state index contributed by atoms with van der Waals surface area (Å²) in [5.74, 6) is 0.526. The highest BCUT2D eigenvalue weighted by molar-refractivity contribution is 9.10. The molecule has 0 spiro atoms. The Kier molecular flexibility index (Phi) is 4.81. The van der Waals surface area contributed by atoms with Crippen LogP contribution >= 0.6 is 15.9 Å². The Morgan fingerprint density at radius 3 is 2.94 bits per heavy atom. The van der Waals surface area contributed by atoms with Gasteiger partial charge in [-0.05, 0) is 42.7 Å². The highest BCUT2D eigenvalue weighted by Gasteiger charge is 2.33. The van der Waals surface area contributed by atoms with Crippen LogP contribution < -0.4 is 5.32 Å². The Morgan fingerprint density at radius 1 is 1.61 bits per heavy atom. The minimum atomic E-state index is 0.316. The summed E-state index contributed by atoms with van der Waals surface area (Å²) >= 11 is 3.63. The predicted octanol–water partition coefficient (Wildman–Crippen LogP) is 2.74. The number of halogens is 1. The Morgan fingerprint density at radius 2 is 2.39 bits per heavy atom. The van der Waals surface area contributed by atoms with E-state index in [2.05, 4.69) is 51.8 Å². The lowest BCUT2D eigenvalue weighted by Gasteiger charge is -2.24. The average molecular weight is 316 g/mol. The van der Waals surface area contributed by atoms with E-state index in [9.17, 15) is 0 Å². The van der Waals surface area contributed by atoms with Crippen LogP contribution in [0.15, 0.2) is 10.7 Å². The van der Waals surface area contributed by atoms with Crippen molar-refractivity contribution in [2.75, 3.05) is 13.2 Å². The predicted molar refractivity (Wildman–Crippen MR) is 75.5 cm³/mol. The zero-order valence-electron chi connectivity index (χ0n) is 11.3. The number of aryl methyl sites for hydroxylation is 1. The van der Waals surface area contributed by atoms with E-state index < -0.39 is 0 Å². The van der Waals surface area contributed by atoms with E-state index in [1.54, 1.807) is 0 Å². The van der Waals surface area contributed by atoms with Crippen LogP contribution in [0.2, 0.25) is 0 Å². The van der Waals surface area contributed by atoms with Gasteiger partial charge in [0.05, 0.1) is 35.1 Å². The molecule has 4 nitrogen and oxygen atoms in total. The molecule has 3 atom stereocenters.